The Morgan fingerprint density at radius 2 is 1.51 bits per heavy atom. The van der Waals surface area contributed by atoms with Crippen LogP contribution in [0.4, 0.5) is 4.39 Å². The molecule has 0 aliphatic rings. The summed E-state index contributed by atoms with van der Waals surface area (Å²) in [4.78, 5) is 14.9. The third kappa shape index (κ3) is 6.67. The Balaban J connectivity index is 1.59. The summed E-state index contributed by atoms with van der Waals surface area (Å²) in [6.07, 6.45) is 0. The van der Waals surface area contributed by atoms with Crippen LogP contribution in [-0.2, 0) is 23.2 Å². The molecule has 6 nitrogen and oxygen atoms in total. The van der Waals surface area contributed by atoms with Crippen molar-refractivity contribution < 1.29 is 26.5 Å². The Bertz CT molecular complexity index is 1490. The maximum Gasteiger partial charge on any atom is 0.339 e. The second kappa shape index (κ2) is 11.5. The Kier molecular flexibility index (Phi) is 8.11. The number of benzene rings is 4. The molecule has 0 radical (unpaired) electrons. The smallest absolute Gasteiger partial charge is 0.339 e. The van der Waals surface area contributed by atoms with Gasteiger partial charge in [-0.25, -0.2) is 4.39 Å². The van der Waals surface area contributed by atoms with Gasteiger partial charge in [0, 0.05) is 13.1 Å². The zero-order valence-corrected chi connectivity index (χ0v) is 21.4. The van der Waals surface area contributed by atoms with E-state index >= 15 is 0 Å². The topological polar surface area (TPSA) is 72.9 Å². The maximum atomic E-state index is 13.4. The van der Waals surface area contributed by atoms with Gasteiger partial charge in [-0.1, -0.05) is 48.0 Å². The lowest BCUT2D eigenvalue weighted by Gasteiger charge is -2.24. The lowest BCUT2D eigenvalue weighted by atomic mass is 10.1. The fourth-order valence-electron chi connectivity index (χ4n) is 3.65. The number of ether oxygens (including phenoxy) is 1. The molecule has 37 heavy (non-hydrogen) atoms. The normalized spacial score (nSPS) is 11.1. The van der Waals surface area contributed by atoms with Crippen molar-refractivity contribution in [2.24, 2.45) is 0 Å². The van der Waals surface area contributed by atoms with Crippen molar-refractivity contribution in [1.82, 2.24) is 4.90 Å². The first kappa shape index (κ1) is 26.2. The van der Waals surface area contributed by atoms with Crippen molar-refractivity contribution >= 4 is 27.6 Å². The van der Waals surface area contributed by atoms with E-state index in [2.05, 4.69) is 0 Å². The van der Waals surface area contributed by atoms with E-state index in [4.69, 9.17) is 20.5 Å². The lowest BCUT2D eigenvalue weighted by molar-refractivity contribution is 0.0730. The summed E-state index contributed by atoms with van der Waals surface area (Å²) in [7, 11) is -2.60. The second-order valence-corrected chi connectivity index (χ2v) is 10.1. The molecule has 0 aliphatic heterocycles. The summed E-state index contributed by atoms with van der Waals surface area (Å²) in [5.74, 6) is -0.0895. The summed E-state index contributed by atoms with van der Waals surface area (Å²) < 4.78 is 49.4. The van der Waals surface area contributed by atoms with Crippen LogP contribution in [0.15, 0.2) is 102 Å². The molecule has 1 amide bonds. The number of hydrogen-bond donors (Lipinski definition) is 0. The number of rotatable bonds is 9. The fourth-order valence-corrected chi connectivity index (χ4v) is 4.79. The highest BCUT2D eigenvalue weighted by molar-refractivity contribution is 7.87. The molecule has 0 aliphatic carbocycles. The van der Waals surface area contributed by atoms with E-state index in [1.807, 2.05) is 0 Å². The van der Waals surface area contributed by atoms with Gasteiger partial charge in [0.25, 0.3) is 5.91 Å². The number of carbonyl (C=O) groups excluding carboxylic acids is 1. The fraction of sp³-hybridized carbons (Fsp3) is 0.107. The first-order chi connectivity index (χ1) is 17.7. The molecule has 0 fully saturated rings. The molecule has 0 unspecified atom stereocenters. The van der Waals surface area contributed by atoms with Gasteiger partial charge >= 0.3 is 10.1 Å². The third-order valence-corrected chi connectivity index (χ3v) is 7.10. The molecule has 0 N–H and O–H groups in total. The first-order valence-electron chi connectivity index (χ1n) is 11.2. The Morgan fingerprint density at radius 1 is 0.838 bits per heavy atom. The number of amides is 1. The molecule has 0 atom stereocenters. The van der Waals surface area contributed by atoms with Crippen molar-refractivity contribution in [3.05, 3.63) is 125 Å². The monoisotopic (exact) mass is 539 g/mol. The number of halogens is 2. The van der Waals surface area contributed by atoms with Gasteiger partial charge in [0.05, 0.1) is 17.7 Å². The Morgan fingerprint density at radius 3 is 2.19 bits per heavy atom. The molecular formula is C28H23ClFNO5S. The van der Waals surface area contributed by atoms with Crippen LogP contribution in [0.2, 0.25) is 5.02 Å². The number of methoxy groups -OCH3 is 1. The standard InChI is InChI=1S/C28H23ClFNO5S/c1-35-23-13-15-25(16-14-23)37(33,34)36-24-6-4-5-21(17-24)19-31(18-20-9-11-22(30)12-10-20)28(32)26-7-2-3-8-27(26)29/h2-17H,18-19H2,1H3. The predicted octanol–water partition coefficient (Wildman–Crippen LogP) is 6.10. The van der Waals surface area contributed by atoms with E-state index < -0.39 is 10.1 Å². The van der Waals surface area contributed by atoms with Crippen molar-refractivity contribution in [3.63, 3.8) is 0 Å². The van der Waals surface area contributed by atoms with E-state index in [0.29, 0.717) is 21.9 Å². The number of carbonyl (C=O) groups is 1. The predicted molar refractivity (Wildman–Crippen MR) is 139 cm³/mol. The van der Waals surface area contributed by atoms with Gasteiger partial charge in [-0.15, -0.1) is 0 Å². The molecule has 9 heteroatoms. The van der Waals surface area contributed by atoms with Crippen LogP contribution >= 0.6 is 11.6 Å². The van der Waals surface area contributed by atoms with Gasteiger partial charge in [0.15, 0.2) is 0 Å². The highest BCUT2D eigenvalue weighted by atomic mass is 35.5. The number of nitrogens with zero attached hydrogens (tertiary/aromatic N) is 1. The van der Waals surface area contributed by atoms with E-state index in [1.54, 1.807) is 59.5 Å². The minimum Gasteiger partial charge on any atom is -0.497 e. The molecule has 190 valence electrons. The summed E-state index contributed by atoms with van der Waals surface area (Å²) >= 11 is 6.27. The summed E-state index contributed by atoms with van der Waals surface area (Å²) in [5, 5.41) is 0.305. The van der Waals surface area contributed by atoms with Crippen LogP contribution in [0, 0.1) is 5.82 Å². The quantitative estimate of drug-likeness (QED) is 0.240. The highest BCUT2D eigenvalue weighted by Crippen LogP contribution is 2.24. The van der Waals surface area contributed by atoms with Crippen molar-refractivity contribution in [2.75, 3.05) is 7.11 Å². The molecule has 0 saturated carbocycles. The van der Waals surface area contributed by atoms with Crippen molar-refractivity contribution in [2.45, 2.75) is 18.0 Å². The average Bonchev–Trinajstić information content (AvgIpc) is 2.89. The summed E-state index contributed by atoms with van der Waals surface area (Å²) in [6.45, 7) is 0.306. The Hall–Kier alpha value is -3.88. The van der Waals surface area contributed by atoms with E-state index in [1.165, 1.54) is 49.6 Å². The van der Waals surface area contributed by atoms with Gasteiger partial charge in [-0.2, -0.15) is 8.42 Å². The molecule has 0 bridgehead atoms. The molecule has 0 spiro atoms. The second-order valence-electron chi connectivity index (χ2n) is 8.13. The van der Waals surface area contributed by atoms with E-state index in [9.17, 15) is 17.6 Å². The molecule has 0 saturated heterocycles. The minimum absolute atomic E-state index is 0.0227. The number of hydrogen-bond acceptors (Lipinski definition) is 5. The van der Waals surface area contributed by atoms with Crippen LogP contribution in [0.1, 0.15) is 21.5 Å². The van der Waals surface area contributed by atoms with Gasteiger partial charge in [-0.3, -0.25) is 4.79 Å². The molecule has 4 rings (SSSR count). The lowest BCUT2D eigenvalue weighted by Crippen LogP contribution is -2.30. The first-order valence-corrected chi connectivity index (χ1v) is 13.0. The SMILES string of the molecule is COc1ccc(S(=O)(=O)Oc2cccc(CN(Cc3ccc(F)cc3)C(=O)c3ccccc3Cl)c2)cc1. The van der Waals surface area contributed by atoms with Crippen LogP contribution in [0.5, 0.6) is 11.5 Å². The van der Waals surface area contributed by atoms with Crippen LogP contribution < -0.4 is 8.92 Å². The van der Waals surface area contributed by atoms with Gasteiger partial charge < -0.3 is 13.8 Å². The molecule has 4 aromatic rings. The zero-order chi connectivity index (χ0) is 26.4. The summed E-state index contributed by atoms with van der Waals surface area (Å²) in [5.41, 5.74) is 1.67. The van der Waals surface area contributed by atoms with E-state index in [-0.39, 0.29) is 35.5 Å². The summed E-state index contributed by atoms with van der Waals surface area (Å²) in [6, 6.07) is 24.9. The molecule has 4 aromatic carbocycles. The highest BCUT2D eigenvalue weighted by Gasteiger charge is 2.21. The minimum atomic E-state index is -4.09. The molecule has 0 aromatic heterocycles. The zero-order valence-electron chi connectivity index (χ0n) is 19.8. The van der Waals surface area contributed by atoms with Crippen molar-refractivity contribution in [3.8, 4) is 11.5 Å². The molecular weight excluding hydrogens is 517 g/mol. The van der Waals surface area contributed by atoms with Crippen LogP contribution in [-0.4, -0.2) is 26.3 Å². The van der Waals surface area contributed by atoms with E-state index in [0.717, 1.165) is 5.56 Å². The van der Waals surface area contributed by atoms with Crippen molar-refractivity contribution in [1.29, 1.82) is 0 Å². The third-order valence-electron chi connectivity index (χ3n) is 5.50. The maximum absolute atomic E-state index is 13.4. The van der Waals surface area contributed by atoms with Gasteiger partial charge in [0.1, 0.15) is 22.2 Å². The van der Waals surface area contributed by atoms with Gasteiger partial charge in [0.2, 0.25) is 0 Å². The largest absolute Gasteiger partial charge is 0.497 e. The average molecular weight is 540 g/mol. The Labute approximate surface area is 220 Å². The van der Waals surface area contributed by atoms with Crippen LogP contribution in [0.3, 0.4) is 0 Å². The van der Waals surface area contributed by atoms with Crippen LogP contribution in [0.25, 0.3) is 0 Å². The van der Waals surface area contributed by atoms with Gasteiger partial charge in [-0.05, 0) is 71.8 Å². The molecule has 0 heterocycles.